The fraction of sp³-hybridized carbons (Fsp3) is 0.294. The summed E-state index contributed by atoms with van der Waals surface area (Å²) in [6.07, 6.45) is 2.14. The molecule has 2 rings (SSSR count). The Morgan fingerprint density at radius 2 is 2.00 bits per heavy atom. The quantitative estimate of drug-likeness (QED) is 0.925. The number of benzene rings is 1. The number of pyridine rings is 1. The number of carbonyl (C=O) groups is 1. The van der Waals surface area contributed by atoms with Gasteiger partial charge in [0.1, 0.15) is 0 Å². The Balaban J connectivity index is 1.97. The van der Waals surface area contributed by atoms with E-state index in [1.807, 2.05) is 31.2 Å². The van der Waals surface area contributed by atoms with Gasteiger partial charge in [0.25, 0.3) is 0 Å². The molecule has 3 heteroatoms. The second kappa shape index (κ2) is 6.33. The Bertz CT molecular complexity index is 593. The summed E-state index contributed by atoms with van der Waals surface area (Å²) < 4.78 is 0. The van der Waals surface area contributed by atoms with Crippen LogP contribution in [-0.4, -0.2) is 10.9 Å². The molecule has 104 valence electrons. The minimum Gasteiger partial charge on any atom is -0.348 e. The zero-order valence-corrected chi connectivity index (χ0v) is 12.2. The largest absolute Gasteiger partial charge is 0.348 e. The number of aryl methyl sites for hydroxylation is 2. The summed E-state index contributed by atoms with van der Waals surface area (Å²) in [5.74, 6) is 0.0198. The van der Waals surface area contributed by atoms with Crippen LogP contribution < -0.4 is 5.32 Å². The molecule has 0 fully saturated rings. The van der Waals surface area contributed by atoms with Gasteiger partial charge in [0, 0.05) is 6.20 Å². The van der Waals surface area contributed by atoms with Crippen LogP contribution in [0.25, 0.3) is 0 Å². The SMILES string of the molecule is Cc1ccc(CC(=O)N[C@H](C)c2ccccn2)cc1C. The minimum absolute atomic E-state index is 0.0198. The van der Waals surface area contributed by atoms with Crippen molar-refractivity contribution in [3.05, 3.63) is 65.0 Å². The lowest BCUT2D eigenvalue weighted by Crippen LogP contribution is -2.28. The van der Waals surface area contributed by atoms with Crippen LogP contribution in [0.3, 0.4) is 0 Å². The molecule has 0 bridgehead atoms. The maximum atomic E-state index is 12.1. The first-order valence-corrected chi connectivity index (χ1v) is 6.82. The Morgan fingerprint density at radius 3 is 2.65 bits per heavy atom. The Morgan fingerprint density at radius 1 is 1.20 bits per heavy atom. The van der Waals surface area contributed by atoms with Gasteiger partial charge in [-0.15, -0.1) is 0 Å². The molecular weight excluding hydrogens is 248 g/mol. The molecule has 1 atom stereocenters. The number of amides is 1. The van der Waals surface area contributed by atoms with E-state index in [2.05, 4.69) is 36.3 Å². The lowest BCUT2D eigenvalue weighted by molar-refractivity contribution is -0.121. The molecule has 0 aliphatic carbocycles. The van der Waals surface area contributed by atoms with E-state index in [1.54, 1.807) is 6.20 Å². The Hall–Kier alpha value is -2.16. The average molecular weight is 268 g/mol. The molecule has 0 radical (unpaired) electrons. The second-order valence-corrected chi connectivity index (χ2v) is 5.14. The molecule has 3 nitrogen and oxygen atoms in total. The molecule has 0 aliphatic heterocycles. The van der Waals surface area contributed by atoms with Gasteiger partial charge < -0.3 is 5.32 Å². The van der Waals surface area contributed by atoms with Crippen LogP contribution >= 0.6 is 0 Å². The van der Waals surface area contributed by atoms with Crippen LogP contribution in [0.5, 0.6) is 0 Å². The van der Waals surface area contributed by atoms with Crippen LogP contribution in [0.1, 0.15) is 35.3 Å². The third kappa shape index (κ3) is 3.67. The van der Waals surface area contributed by atoms with Gasteiger partial charge in [-0.25, -0.2) is 0 Å². The molecule has 0 saturated heterocycles. The lowest BCUT2D eigenvalue weighted by Gasteiger charge is -2.13. The van der Waals surface area contributed by atoms with Crippen LogP contribution in [0.4, 0.5) is 0 Å². The highest BCUT2D eigenvalue weighted by molar-refractivity contribution is 5.79. The zero-order chi connectivity index (χ0) is 14.5. The molecule has 0 spiro atoms. The number of hydrogen-bond acceptors (Lipinski definition) is 2. The van der Waals surface area contributed by atoms with Crippen molar-refractivity contribution in [3.8, 4) is 0 Å². The van der Waals surface area contributed by atoms with Crippen molar-refractivity contribution in [1.82, 2.24) is 10.3 Å². The first-order valence-electron chi connectivity index (χ1n) is 6.82. The van der Waals surface area contributed by atoms with Crippen molar-refractivity contribution in [1.29, 1.82) is 0 Å². The van der Waals surface area contributed by atoms with Crippen molar-refractivity contribution in [2.24, 2.45) is 0 Å². The molecule has 1 amide bonds. The fourth-order valence-electron chi connectivity index (χ4n) is 2.10. The molecule has 20 heavy (non-hydrogen) atoms. The highest BCUT2D eigenvalue weighted by atomic mass is 16.1. The highest BCUT2D eigenvalue weighted by Gasteiger charge is 2.11. The standard InChI is InChI=1S/C17H20N2O/c1-12-7-8-15(10-13(12)2)11-17(20)19-14(3)16-6-4-5-9-18-16/h4-10,14H,11H2,1-3H3,(H,19,20)/t14-/m1/s1. The molecule has 1 heterocycles. The Kier molecular flexibility index (Phi) is 4.51. The van der Waals surface area contributed by atoms with Gasteiger partial charge >= 0.3 is 0 Å². The predicted octanol–water partition coefficient (Wildman–Crippen LogP) is 3.12. The van der Waals surface area contributed by atoms with Crippen molar-refractivity contribution < 1.29 is 4.79 Å². The number of nitrogens with zero attached hydrogens (tertiary/aromatic N) is 1. The van der Waals surface area contributed by atoms with E-state index in [0.717, 1.165) is 11.3 Å². The van der Waals surface area contributed by atoms with Gasteiger partial charge in [0.2, 0.25) is 5.91 Å². The van der Waals surface area contributed by atoms with E-state index in [0.29, 0.717) is 6.42 Å². The maximum Gasteiger partial charge on any atom is 0.224 e. The molecule has 1 aromatic heterocycles. The minimum atomic E-state index is -0.0738. The van der Waals surface area contributed by atoms with Crippen LogP contribution in [0.15, 0.2) is 42.6 Å². The summed E-state index contributed by atoms with van der Waals surface area (Å²) in [6.45, 7) is 6.08. The average Bonchev–Trinajstić information content (AvgIpc) is 2.44. The van der Waals surface area contributed by atoms with Gasteiger partial charge in [-0.1, -0.05) is 24.3 Å². The third-order valence-electron chi connectivity index (χ3n) is 3.44. The summed E-state index contributed by atoms with van der Waals surface area (Å²) in [7, 11) is 0. The van der Waals surface area contributed by atoms with Gasteiger partial charge in [0.15, 0.2) is 0 Å². The summed E-state index contributed by atoms with van der Waals surface area (Å²) in [4.78, 5) is 16.3. The van der Waals surface area contributed by atoms with E-state index in [1.165, 1.54) is 11.1 Å². The third-order valence-corrected chi connectivity index (χ3v) is 3.44. The van der Waals surface area contributed by atoms with E-state index in [9.17, 15) is 4.79 Å². The highest BCUT2D eigenvalue weighted by Crippen LogP contribution is 2.12. The molecular formula is C17H20N2O. The van der Waals surface area contributed by atoms with Gasteiger partial charge in [0.05, 0.1) is 18.2 Å². The molecule has 0 saturated carbocycles. The molecule has 0 unspecified atom stereocenters. The van der Waals surface area contributed by atoms with Crippen molar-refractivity contribution in [2.45, 2.75) is 33.2 Å². The van der Waals surface area contributed by atoms with Gasteiger partial charge in [-0.05, 0) is 49.6 Å². The summed E-state index contributed by atoms with van der Waals surface area (Å²) >= 11 is 0. The lowest BCUT2D eigenvalue weighted by atomic mass is 10.0. The van der Waals surface area contributed by atoms with E-state index < -0.39 is 0 Å². The first kappa shape index (κ1) is 14.3. The topological polar surface area (TPSA) is 42.0 Å². The van der Waals surface area contributed by atoms with E-state index >= 15 is 0 Å². The maximum absolute atomic E-state index is 12.1. The molecule has 1 N–H and O–H groups in total. The summed E-state index contributed by atoms with van der Waals surface area (Å²) in [6, 6.07) is 11.8. The number of hydrogen-bond donors (Lipinski definition) is 1. The summed E-state index contributed by atoms with van der Waals surface area (Å²) in [5.41, 5.74) is 4.38. The summed E-state index contributed by atoms with van der Waals surface area (Å²) in [5, 5.41) is 2.98. The van der Waals surface area contributed by atoms with Crippen LogP contribution in [-0.2, 0) is 11.2 Å². The van der Waals surface area contributed by atoms with Gasteiger partial charge in [-0.3, -0.25) is 9.78 Å². The smallest absolute Gasteiger partial charge is 0.224 e. The van der Waals surface area contributed by atoms with Crippen LogP contribution in [0.2, 0.25) is 0 Å². The van der Waals surface area contributed by atoms with E-state index in [4.69, 9.17) is 0 Å². The van der Waals surface area contributed by atoms with Crippen molar-refractivity contribution >= 4 is 5.91 Å². The number of aromatic nitrogens is 1. The van der Waals surface area contributed by atoms with Crippen LogP contribution in [0, 0.1) is 13.8 Å². The monoisotopic (exact) mass is 268 g/mol. The normalized spacial score (nSPS) is 11.9. The number of rotatable bonds is 4. The zero-order valence-electron chi connectivity index (χ0n) is 12.2. The van der Waals surface area contributed by atoms with Crippen molar-refractivity contribution in [2.75, 3.05) is 0 Å². The van der Waals surface area contributed by atoms with Crippen molar-refractivity contribution in [3.63, 3.8) is 0 Å². The molecule has 0 aliphatic rings. The first-order chi connectivity index (χ1) is 9.56. The van der Waals surface area contributed by atoms with E-state index in [-0.39, 0.29) is 11.9 Å². The van der Waals surface area contributed by atoms with Gasteiger partial charge in [-0.2, -0.15) is 0 Å². The second-order valence-electron chi connectivity index (χ2n) is 5.14. The molecule has 2 aromatic rings. The molecule has 1 aromatic carbocycles. The predicted molar refractivity (Wildman–Crippen MR) is 80.4 cm³/mol. The number of nitrogens with one attached hydrogen (secondary N) is 1. The fourth-order valence-corrected chi connectivity index (χ4v) is 2.10. The number of carbonyl (C=O) groups excluding carboxylic acids is 1. The Labute approximate surface area is 120 Å².